The maximum Gasteiger partial charge on any atom is 0.0428 e. The van der Waals surface area contributed by atoms with E-state index >= 15 is 0 Å². The molecule has 0 amide bonds. The summed E-state index contributed by atoms with van der Waals surface area (Å²) >= 11 is 0. The van der Waals surface area contributed by atoms with Crippen LogP contribution in [-0.2, 0) is 6.42 Å². The molecular weight excluding hydrogens is 194 g/mol. The summed E-state index contributed by atoms with van der Waals surface area (Å²) < 4.78 is 51.8. The summed E-state index contributed by atoms with van der Waals surface area (Å²) in [4.78, 5) is 0. The van der Waals surface area contributed by atoms with E-state index in [2.05, 4.69) is 5.32 Å². The molecule has 1 atom stereocenters. The Balaban J connectivity index is 0.00000400. The van der Waals surface area contributed by atoms with Gasteiger partial charge in [-0.05, 0) is 31.8 Å². The van der Waals surface area contributed by atoms with Gasteiger partial charge in [-0.3, -0.25) is 0 Å². The molecule has 0 fully saturated rings. The van der Waals surface area contributed by atoms with Crippen molar-refractivity contribution in [3.8, 4) is 0 Å². The minimum absolute atomic E-state index is 0. The number of hydrogen-bond acceptors (Lipinski definition) is 1. The van der Waals surface area contributed by atoms with Crippen molar-refractivity contribution in [1.29, 1.82) is 0 Å². The lowest BCUT2D eigenvalue weighted by molar-refractivity contribution is 0.543. The van der Waals surface area contributed by atoms with Crippen molar-refractivity contribution in [3.63, 3.8) is 0 Å². The molecular formula is C12H20ClN. The molecule has 1 aromatic carbocycles. The lowest BCUT2D eigenvalue weighted by Crippen LogP contribution is -2.28. The van der Waals surface area contributed by atoms with E-state index < -0.39 is 25.8 Å². The average molecular weight is 221 g/mol. The molecule has 0 bridgehead atoms. The second kappa shape index (κ2) is 7.84. The Kier molecular flexibility index (Phi) is 3.09. The Hall–Kier alpha value is -0.530. The molecule has 80 valence electrons. The number of halogens is 1. The highest BCUT2D eigenvalue weighted by molar-refractivity contribution is 5.85. The maximum atomic E-state index is 7.70. The van der Waals surface area contributed by atoms with Gasteiger partial charge in [0.05, 0.1) is 0 Å². The van der Waals surface area contributed by atoms with Crippen LogP contribution in [0.2, 0.25) is 0 Å². The Morgan fingerprint density at radius 2 is 2.14 bits per heavy atom. The number of nitrogens with one attached hydrogen (secondary N) is 1. The molecule has 1 aromatic rings. The Bertz CT molecular complexity index is 433. The SMILES string of the molecule is Cl.[2H]C([2H])([2H])C([2H])([2H])C([2H])([2H])NC(C)Cc1ccccc1. The lowest BCUT2D eigenvalue weighted by Gasteiger charge is -2.12. The summed E-state index contributed by atoms with van der Waals surface area (Å²) in [5, 5.41) is 2.45. The molecule has 0 spiro atoms. The summed E-state index contributed by atoms with van der Waals surface area (Å²) in [5.41, 5.74) is 0.970. The quantitative estimate of drug-likeness (QED) is 0.805. The van der Waals surface area contributed by atoms with Gasteiger partial charge in [-0.25, -0.2) is 0 Å². The summed E-state index contributed by atoms with van der Waals surface area (Å²) in [6.45, 7) is -3.98. The van der Waals surface area contributed by atoms with Crippen LogP contribution in [0.1, 0.15) is 35.3 Å². The summed E-state index contributed by atoms with van der Waals surface area (Å²) in [6, 6.07) is 8.95. The zero-order valence-corrected chi connectivity index (χ0v) is 8.90. The van der Waals surface area contributed by atoms with Crippen molar-refractivity contribution in [2.45, 2.75) is 32.6 Å². The number of rotatable bonds is 5. The van der Waals surface area contributed by atoms with Crippen LogP contribution in [-0.4, -0.2) is 12.5 Å². The van der Waals surface area contributed by atoms with Gasteiger partial charge in [-0.2, -0.15) is 0 Å². The molecule has 0 aromatic heterocycles. The highest BCUT2D eigenvalue weighted by atomic mass is 35.5. The average Bonchev–Trinajstić information content (AvgIpc) is 2.27. The molecule has 0 saturated carbocycles. The predicted molar refractivity (Wildman–Crippen MR) is 65.1 cm³/mol. The zero-order chi connectivity index (χ0) is 15.6. The van der Waals surface area contributed by atoms with E-state index in [1.54, 1.807) is 6.92 Å². The van der Waals surface area contributed by atoms with Crippen LogP contribution in [0, 0.1) is 0 Å². The van der Waals surface area contributed by atoms with E-state index in [9.17, 15) is 0 Å². The van der Waals surface area contributed by atoms with Gasteiger partial charge < -0.3 is 5.32 Å². The standard InChI is InChI=1S/C12H19N.ClH/c1-3-9-13-11(2)10-12-7-5-4-6-8-12;/h4-8,11,13H,3,9-10H2,1-2H3;1H/i1D3,3D2,9D2;. The fourth-order valence-electron chi connectivity index (χ4n) is 1.18. The maximum absolute atomic E-state index is 7.70. The van der Waals surface area contributed by atoms with Gasteiger partial charge in [0.25, 0.3) is 0 Å². The topological polar surface area (TPSA) is 12.0 Å². The second-order valence-electron chi connectivity index (χ2n) is 2.99. The van der Waals surface area contributed by atoms with Gasteiger partial charge in [0, 0.05) is 15.6 Å². The van der Waals surface area contributed by atoms with Crippen molar-refractivity contribution >= 4 is 12.4 Å². The molecule has 14 heavy (non-hydrogen) atoms. The third kappa shape index (κ3) is 5.25. The predicted octanol–water partition coefficient (Wildman–Crippen LogP) is 3.04. The molecule has 0 saturated heterocycles. The van der Waals surface area contributed by atoms with Crippen molar-refractivity contribution < 1.29 is 9.60 Å². The smallest absolute Gasteiger partial charge is 0.0428 e. The van der Waals surface area contributed by atoms with E-state index in [4.69, 9.17) is 9.60 Å². The fraction of sp³-hybridized carbons (Fsp3) is 0.500. The largest absolute Gasteiger partial charge is 0.314 e. The molecule has 0 radical (unpaired) electrons. The molecule has 0 aliphatic rings. The lowest BCUT2D eigenvalue weighted by atomic mass is 10.1. The molecule has 0 heterocycles. The summed E-state index contributed by atoms with van der Waals surface area (Å²) in [6.07, 6.45) is -2.48. The van der Waals surface area contributed by atoms with Gasteiger partial charge >= 0.3 is 0 Å². The first-order valence-electron chi connectivity index (χ1n) is 7.79. The van der Waals surface area contributed by atoms with Gasteiger partial charge in [-0.15, -0.1) is 12.4 Å². The van der Waals surface area contributed by atoms with Crippen LogP contribution in [0.3, 0.4) is 0 Å². The Labute approximate surface area is 103 Å². The van der Waals surface area contributed by atoms with Gasteiger partial charge in [0.15, 0.2) is 0 Å². The molecule has 0 aliphatic carbocycles. The van der Waals surface area contributed by atoms with E-state index in [1.807, 2.05) is 30.3 Å². The van der Waals surface area contributed by atoms with E-state index in [0.717, 1.165) is 5.56 Å². The van der Waals surface area contributed by atoms with Gasteiger partial charge in [0.1, 0.15) is 0 Å². The highest BCUT2D eigenvalue weighted by Crippen LogP contribution is 2.02. The first kappa shape index (κ1) is 5.53. The number of benzene rings is 1. The third-order valence-corrected chi connectivity index (χ3v) is 1.77. The van der Waals surface area contributed by atoms with Crippen LogP contribution in [0.15, 0.2) is 30.3 Å². The molecule has 1 unspecified atom stereocenters. The van der Waals surface area contributed by atoms with Gasteiger partial charge in [0.2, 0.25) is 0 Å². The fourth-order valence-corrected chi connectivity index (χ4v) is 1.18. The van der Waals surface area contributed by atoms with Crippen molar-refractivity contribution in [2.24, 2.45) is 0 Å². The summed E-state index contributed by atoms with van der Waals surface area (Å²) in [7, 11) is 0. The van der Waals surface area contributed by atoms with Crippen molar-refractivity contribution in [3.05, 3.63) is 35.9 Å². The summed E-state index contributed by atoms with van der Waals surface area (Å²) in [5.74, 6) is 0. The molecule has 1 nitrogen and oxygen atoms in total. The molecule has 2 heteroatoms. The van der Waals surface area contributed by atoms with Crippen molar-refractivity contribution in [1.82, 2.24) is 5.32 Å². The van der Waals surface area contributed by atoms with Crippen LogP contribution < -0.4 is 5.32 Å². The highest BCUT2D eigenvalue weighted by Gasteiger charge is 2.00. The third-order valence-electron chi connectivity index (χ3n) is 1.77. The number of hydrogen-bond donors (Lipinski definition) is 1. The van der Waals surface area contributed by atoms with E-state index in [-0.39, 0.29) is 12.4 Å². The Morgan fingerprint density at radius 1 is 1.43 bits per heavy atom. The first-order chi connectivity index (χ1) is 8.97. The van der Waals surface area contributed by atoms with Crippen molar-refractivity contribution in [2.75, 3.05) is 6.50 Å². The van der Waals surface area contributed by atoms with Crippen LogP contribution in [0.4, 0.5) is 0 Å². The van der Waals surface area contributed by atoms with E-state index in [1.165, 1.54) is 0 Å². The van der Waals surface area contributed by atoms with Gasteiger partial charge in [-0.1, -0.05) is 37.2 Å². The first-order valence-corrected chi connectivity index (χ1v) is 4.29. The van der Waals surface area contributed by atoms with Crippen LogP contribution in [0.5, 0.6) is 0 Å². The Morgan fingerprint density at radius 3 is 2.79 bits per heavy atom. The van der Waals surface area contributed by atoms with E-state index in [0.29, 0.717) is 6.42 Å². The minimum Gasteiger partial charge on any atom is -0.314 e. The monoisotopic (exact) mass is 220 g/mol. The second-order valence-corrected chi connectivity index (χ2v) is 2.99. The normalized spacial score (nSPS) is 22.2. The van der Waals surface area contributed by atoms with Crippen LogP contribution >= 0.6 is 12.4 Å². The minimum atomic E-state index is -3.03. The zero-order valence-electron chi connectivity index (χ0n) is 15.1. The van der Waals surface area contributed by atoms with Crippen LogP contribution in [0.25, 0.3) is 0 Å². The molecule has 1 rings (SSSR count). The molecule has 1 N–H and O–H groups in total. The molecule has 0 aliphatic heterocycles.